The maximum absolute atomic E-state index is 5.40. The van der Waals surface area contributed by atoms with Crippen molar-refractivity contribution >= 4 is 0 Å². The third-order valence-electron chi connectivity index (χ3n) is 4.06. The van der Waals surface area contributed by atoms with Gasteiger partial charge in [0, 0.05) is 24.2 Å². The van der Waals surface area contributed by atoms with Crippen molar-refractivity contribution in [3.05, 3.63) is 60.8 Å². The largest absolute Gasteiger partial charge is 0.494 e. The van der Waals surface area contributed by atoms with Crippen LogP contribution in [0.1, 0.15) is 18.5 Å². The van der Waals surface area contributed by atoms with E-state index in [1.54, 1.807) is 28.9 Å². The summed E-state index contributed by atoms with van der Waals surface area (Å²) in [5.74, 6) is 1.47. The van der Waals surface area contributed by atoms with Gasteiger partial charge >= 0.3 is 0 Å². The lowest BCUT2D eigenvalue weighted by Crippen LogP contribution is -2.06. The molecular weight excluding hydrogens is 318 g/mol. The second-order valence-corrected chi connectivity index (χ2v) is 5.59. The third kappa shape index (κ3) is 2.78. The van der Waals surface area contributed by atoms with Crippen molar-refractivity contribution in [1.82, 2.24) is 34.7 Å². The van der Waals surface area contributed by atoms with E-state index in [4.69, 9.17) is 4.74 Å². The molecule has 1 N–H and O–H groups in total. The molecule has 0 amide bonds. The number of nitrogens with one attached hydrogen (secondary N) is 1. The Morgan fingerprint density at radius 1 is 1.20 bits per heavy atom. The van der Waals surface area contributed by atoms with Gasteiger partial charge in [0.25, 0.3) is 0 Å². The fourth-order valence-corrected chi connectivity index (χ4v) is 2.64. The van der Waals surface area contributed by atoms with Crippen molar-refractivity contribution in [2.75, 3.05) is 7.11 Å². The Hall–Kier alpha value is -3.42. The average Bonchev–Trinajstić information content (AvgIpc) is 3.41. The van der Waals surface area contributed by atoms with Gasteiger partial charge in [0.05, 0.1) is 25.5 Å². The van der Waals surface area contributed by atoms with Gasteiger partial charge in [0.1, 0.15) is 17.1 Å². The van der Waals surface area contributed by atoms with E-state index in [1.807, 2.05) is 49.8 Å². The molecule has 3 aromatic heterocycles. The highest BCUT2D eigenvalue weighted by Crippen LogP contribution is 2.24. The molecule has 4 aromatic rings. The molecule has 0 aliphatic carbocycles. The van der Waals surface area contributed by atoms with Gasteiger partial charge < -0.3 is 9.72 Å². The number of benzene rings is 1. The summed E-state index contributed by atoms with van der Waals surface area (Å²) in [5.41, 5.74) is 2.61. The first-order chi connectivity index (χ1) is 12.3. The zero-order chi connectivity index (χ0) is 17.2. The molecule has 1 aromatic carbocycles. The molecule has 0 saturated heterocycles. The van der Waals surface area contributed by atoms with Crippen LogP contribution in [0, 0.1) is 0 Å². The minimum atomic E-state index is -0.0142. The van der Waals surface area contributed by atoms with Crippen LogP contribution < -0.4 is 4.74 Å². The summed E-state index contributed by atoms with van der Waals surface area (Å²) in [6.07, 6.45) is 9.11. The summed E-state index contributed by atoms with van der Waals surface area (Å²) in [5, 5.41) is 12.8. The number of aromatic amines is 1. The fourth-order valence-electron chi connectivity index (χ4n) is 2.64. The number of hydrogen-bond donors (Lipinski definition) is 1. The minimum Gasteiger partial charge on any atom is -0.494 e. The van der Waals surface area contributed by atoms with E-state index >= 15 is 0 Å². The van der Waals surface area contributed by atoms with Crippen molar-refractivity contribution in [3.63, 3.8) is 0 Å². The van der Waals surface area contributed by atoms with Gasteiger partial charge in [-0.15, -0.1) is 5.10 Å². The van der Waals surface area contributed by atoms with Crippen LogP contribution in [-0.2, 0) is 0 Å². The number of nitrogens with zero attached hydrogens (tertiary/aromatic N) is 6. The highest BCUT2D eigenvalue weighted by Gasteiger charge is 2.15. The van der Waals surface area contributed by atoms with E-state index in [-0.39, 0.29) is 6.04 Å². The van der Waals surface area contributed by atoms with Gasteiger partial charge in [0.15, 0.2) is 5.82 Å². The zero-order valence-corrected chi connectivity index (χ0v) is 13.9. The quantitative estimate of drug-likeness (QED) is 0.605. The van der Waals surface area contributed by atoms with Crippen molar-refractivity contribution < 1.29 is 4.74 Å². The standard InChI is InChI=1S/C17H17N7O/c1-12(23-11-14(21-22-23)17-18-7-8-19-17)13-9-20-24(10-13)15-5-3-4-6-16(15)25-2/h3-12H,1-2H3,(H,18,19). The molecule has 4 rings (SSSR count). The Kier molecular flexibility index (Phi) is 3.77. The molecule has 0 spiro atoms. The monoisotopic (exact) mass is 335 g/mol. The van der Waals surface area contributed by atoms with Crippen LogP contribution in [0.15, 0.2) is 55.2 Å². The Morgan fingerprint density at radius 2 is 2.08 bits per heavy atom. The van der Waals surface area contributed by atoms with Crippen molar-refractivity contribution in [2.24, 2.45) is 0 Å². The van der Waals surface area contributed by atoms with Crippen molar-refractivity contribution in [3.8, 4) is 23.0 Å². The number of hydrogen-bond acceptors (Lipinski definition) is 5. The van der Waals surface area contributed by atoms with Crippen LogP contribution in [0.3, 0.4) is 0 Å². The number of para-hydroxylation sites is 2. The summed E-state index contributed by atoms with van der Waals surface area (Å²) in [6, 6.07) is 7.74. The molecule has 0 aliphatic rings. The van der Waals surface area contributed by atoms with E-state index < -0.39 is 0 Å². The van der Waals surface area contributed by atoms with E-state index in [0.717, 1.165) is 17.0 Å². The van der Waals surface area contributed by atoms with Crippen LogP contribution in [0.4, 0.5) is 0 Å². The SMILES string of the molecule is COc1ccccc1-n1cc(C(C)n2cc(-c3ncc[nH]3)nn2)cn1. The first-order valence-corrected chi connectivity index (χ1v) is 7.86. The number of rotatable bonds is 5. The van der Waals surface area contributed by atoms with E-state index in [0.29, 0.717) is 11.5 Å². The third-order valence-corrected chi connectivity index (χ3v) is 4.06. The van der Waals surface area contributed by atoms with Crippen LogP contribution in [0.25, 0.3) is 17.2 Å². The van der Waals surface area contributed by atoms with Crippen LogP contribution in [0.2, 0.25) is 0 Å². The van der Waals surface area contributed by atoms with E-state index in [2.05, 4.69) is 25.4 Å². The Labute approximate surface area is 144 Å². The Bertz CT molecular complexity index is 970. The van der Waals surface area contributed by atoms with Crippen LogP contribution in [0.5, 0.6) is 5.75 Å². The lowest BCUT2D eigenvalue weighted by Gasteiger charge is -2.09. The molecular formula is C17H17N7O. The van der Waals surface area contributed by atoms with Gasteiger partial charge in [-0.2, -0.15) is 5.10 Å². The fraction of sp³-hybridized carbons (Fsp3) is 0.176. The molecule has 1 unspecified atom stereocenters. The smallest absolute Gasteiger partial charge is 0.159 e. The number of H-pyrrole nitrogens is 1. The summed E-state index contributed by atoms with van der Waals surface area (Å²) >= 11 is 0. The number of imidazole rings is 1. The molecule has 1 atom stereocenters. The number of methoxy groups -OCH3 is 1. The number of aromatic nitrogens is 7. The van der Waals surface area contributed by atoms with E-state index in [9.17, 15) is 0 Å². The lowest BCUT2D eigenvalue weighted by molar-refractivity contribution is 0.411. The number of ether oxygens (including phenoxy) is 1. The first kappa shape index (κ1) is 15.1. The first-order valence-electron chi connectivity index (χ1n) is 7.86. The second-order valence-electron chi connectivity index (χ2n) is 5.59. The van der Waals surface area contributed by atoms with Crippen molar-refractivity contribution in [2.45, 2.75) is 13.0 Å². The van der Waals surface area contributed by atoms with Gasteiger partial charge in [-0.25, -0.2) is 14.3 Å². The molecule has 0 radical (unpaired) electrons. The Balaban J connectivity index is 1.62. The molecule has 0 saturated carbocycles. The Morgan fingerprint density at radius 3 is 2.88 bits per heavy atom. The topological polar surface area (TPSA) is 86.4 Å². The molecule has 8 heteroatoms. The maximum atomic E-state index is 5.40. The van der Waals surface area contributed by atoms with Gasteiger partial charge in [-0.3, -0.25) is 0 Å². The maximum Gasteiger partial charge on any atom is 0.159 e. The lowest BCUT2D eigenvalue weighted by atomic mass is 10.2. The molecule has 3 heterocycles. The van der Waals surface area contributed by atoms with Gasteiger partial charge in [0.2, 0.25) is 0 Å². The van der Waals surface area contributed by atoms with Crippen molar-refractivity contribution in [1.29, 1.82) is 0 Å². The summed E-state index contributed by atoms with van der Waals surface area (Å²) in [4.78, 5) is 7.22. The molecule has 8 nitrogen and oxygen atoms in total. The molecule has 25 heavy (non-hydrogen) atoms. The molecule has 0 bridgehead atoms. The average molecular weight is 335 g/mol. The zero-order valence-electron chi connectivity index (χ0n) is 13.9. The highest BCUT2D eigenvalue weighted by atomic mass is 16.5. The summed E-state index contributed by atoms with van der Waals surface area (Å²) in [6.45, 7) is 2.05. The highest BCUT2D eigenvalue weighted by molar-refractivity contribution is 5.47. The molecule has 0 fully saturated rings. The summed E-state index contributed by atoms with van der Waals surface area (Å²) < 4.78 is 8.99. The normalized spacial score (nSPS) is 12.2. The molecule has 0 aliphatic heterocycles. The summed E-state index contributed by atoms with van der Waals surface area (Å²) in [7, 11) is 1.65. The predicted octanol–water partition coefficient (Wildman–Crippen LogP) is 2.47. The van der Waals surface area contributed by atoms with Crippen LogP contribution in [-0.4, -0.2) is 41.9 Å². The van der Waals surface area contributed by atoms with Gasteiger partial charge in [-0.1, -0.05) is 17.3 Å². The van der Waals surface area contributed by atoms with Crippen LogP contribution >= 0.6 is 0 Å². The van der Waals surface area contributed by atoms with E-state index in [1.165, 1.54) is 0 Å². The minimum absolute atomic E-state index is 0.0142. The molecule has 126 valence electrons. The van der Waals surface area contributed by atoms with Gasteiger partial charge in [-0.05, 0) is 19.1 Å². The second kappa shape index (κ2) is 6.23. The predicted molar refractivity (Wildman–Crippen MR) is 91.5 cm³/mol.